The van der Waals surface area contributed by atoms with Crippen molar-refractivity contribution in [2.75, 3.05) is 6.61 Å². The van der Waals surface area contributed by atoms with Gasteiger partial charge in [-0.2, -0.15) is 8.78 Å². The Morgan fingerprint density at radius 1 is 1.35 bits per heavy atom. The Balaban J connectivity index is 2.34. The van der Waals surface area contributed by atoms with E-state index >= 15 is 0 Å². The number of aromatic nitrogens is 2. The van der Waals surface area contributed by atoms with Crippen LogP contribution in [0.3, 0.4) is 0 Å². The second kappa shape index (κ2) is 8.10. The minimum atomic E-state index is -3.30. The third-order valence-corrected chi connectivity index (χ3v) is 5.97. The molecule has 0 unspecified atom stereocenters. The van der Waals surface area contributed by atoms with E-state index in [2.05, 4.69) is 47.1 Å². The predicted molar refractivity (Wildman–Crippen MR) is 104 cm³/mol. The highest BCUT2D eigenvalue weighted by atomic mass is 79.9. The molecule has 0 radical (unpaired) electrons. The third-order valence-electron chi connectivity index (χ3n) is 3.77. The normalized spacial score (nSPS) is 12.4. The van der Waals surface area contributed by atoms with Crippen molar-refractivity contribution in [2.45, 2.75) is 38.3 Å². The summed E-state index contributed by atoms with van der Waals surface area (Å²) in [6, 6.07) is 5.34. The van der Waals surface area contributed by atoms with Gasteiger partial charge in [0.1, 0.15) is 24.1 Å². The van der Waals surface area contributed by atoms with Gasteiger partial charge in [-0.15, -0.1) is 0 Å². The molecule has 2 rings (SSSR count). The summed E-state index contributed by atoms with van der Waals surface area (Å²) in [6.45, 7) is 10.3. The van der Waals surface area contributed by atoms with Crippen molar-refractivity contribution in [3.8, 4) is 11.4 Å². The lowest BCUT2D eigenvalue weighted by molar-refractivity contribution is 0.0473. The zero-order valence-electron chi connectivity index (χ0n) is 15.0. The van der Waals surface area contributed by atoms with Crippen LogP contribution in [0, 0.1) is 5.82 Å². The number of benzene rings is 1. The molecule has 0 aliphatic heterocycles. The highest BCUT2D eigenvalue weighted by molar-refractivity contribution is 9.10. The van der Waals surface area contributed by atoms with Crippen molar-refractivity contribution in [1.29, 1.82) is 0 Å². The van der Waals surface area contributed by atoms with E-state index < -0.39 is 25.5 Å². The second-order valence-corrected chi connectivity index (χ2v) is 13.8. The summed E-state index contributed by atoms with van der Waals surface area (Å²) in [5.74, 6) is -3.76. The van der Waals surface area contributed by atoms with Gasteiger partial charge in [-0.3, -0.25) is 0 Å². The average Bonchev–Trinajstić information content (AvgIpc) is 2.95. The Labute approximate surface area is 161 Å². The lowest BCUT2D eigenvalue weighted by Gasteiger charge is -2.16. The maximum atomic E-state index is 14.3. The van der Waals surface area contributed by atoms with E-state index in [1.807, 2.05) is 0 Å². The monoisotopic (exact) mass is 446 g/mol. The maximum absolute atomic E-state index is 14.3. The van der Waals surface area contributed by atoms with Gasteiger partial charge in [0.25, 0.3) is 0 Å². The molecule has 8 heteroatoms. The minimum Gasteiger partial charge on any atom is -0.361 e. The molecule has 0 aliphatic carbocycles. The highest BCUT2D eigenvalue weighted by Crippen LogP contribution is 2.32. The number of alkyl halides is 2. The molecule has 2 aromatic rings. The molecule has 1 aromatic heterocycles. The molecular weight excluding hydrogens is 425 g/mol. The molecule has 0 saturated carbocycles. The molecule has 0 N–H and O–H groups in total. The summed E-state index contributed by atoms with van der Waals surface area (Å²) in [6.07, 6.45) is 1.71. The van der Waals surface area contributed by atoms with Crippen LogP contribution in [0.2, 0.25) is 25.7 Å². The summed E-state index contributed by atoms with van der Waals surface area (Å²) >= 11 is 3.18. The average molecular weight is 447 g/mol. The Morgan fingerprint density at radius 2 is 2.04 bits per heavy atom. The number of ether oxygens (including phenoxy) is 1. The van der Waals surface area contributed by atoms with Crippen LogP contribution in [0.4, 0.5) is 13.2 Å². The van der Waals surface area contributed by atoms with E-state index in [1.54, 1.807) is 6.07 Å². The van der Waals surface area contributed by atoms with Crippen LogP contribution in [0.5, 0.6) is 0 Å². The van der Waals surface area contributed by atoms with Crippen LogP contribution >= 0.6 is 15.9 Å². The van der Waals surface area contributed by atoms with Crippen molar-refractivity contribution in [3.63, 3.8) is 0 Å². The molecule has 0 spiro atoms. The molecule has 0 fully saturated rings. The van der Waals surface area contributed by atoms with E-state index in [0.717, 1.165) is 6.04 Å². The first kappa shape index (κ1) is 20.9. The number of allylic oxidation sites excluding steroid dienone is 1. The molecule has 0 atom stereocenters. The molecular formula is C18H22BrF3N2OSi. The van der Waals surface area contributed by atoms with E-state index in [9.17, 15) is 13.2 Å². The first-order valence-corrected chi connectivity index (χ1v) is 12.7. The SMILES string of the molecule is C=CC(F)(F)c1cn(COCC[Si](C)(C)C)c(-c2ccc(Br)cc2F)n1. The number of hydrogen-bond donors (Lipinski definition) is 0. The van der Waals surface area contributed by atoms with Gasteiger partial charge >= 0.3 is 5.92 Å². The number of nitrogens with zero attached hydrogens (tertiary/aromatic N) is 2. The van der Waals surface area contributed by atoms with Gasteiger partial charge in [0.05, 0.1) is 5.56 Å². The maximum Gasteiger partial charge on any atom is 0.309 e. The van der Waals surface area contributed by atoms with Crippen molar-refractivity contribution < 1.29 is 17.9 Å². The molecule has 3 nitrogen and oxygen atoms in total. The van der Waals surface area contributed by atoms with Crippen LogP contribution in [-0.4, -0.2) is 24.2 Å². The molecule has 0 bridgehead atoms. The third kappa shape index (κ3) is 5.31. The minimum absolute atomic E-state index is 0.0234. The molecule has 142 valence electrons. The Bertz CT molecular complexity index is 787. The second-order valence-electron chi connectivity index (χ2n) is 7.22. The largest absolute Gasteiger partial charge is 0.361 e. The summed E-state index contributed by atoms with van der Waals surface area (Å²) < 4.78 is 49.9. The zero-order chi connectivity index (χ0) is 19.5. The van der Waals surface area contributed by atoms with Crippen molar-refractivity contribution >= 4 is 24.0 Å². The fourth-order valence-corrected chi connectivity index (χ4v) is 3.30. The van der Waals surface area contributed by atoms with E-state index in [1.165, 1.54) is 22.9 Å². The first-order valence-electron chi connectivity index (χ1n) is 8.16. The van der Waals surface area contributed by atoms with Gasteiger partial charge < -0.3 is 9.30 Å². The lowest BCUT2D eigenvalue weighted by Crippen LogP contribution is -2.22. The van der Waals surface area contributed by atoms with Gasteiger partial charge in [0.2, 0.25) is 0 Å². The van der Waals surface area contributed by atoms with E-state index in [4.69, 9.17) is 4.74 Å². The van der Waals surface area contributed by atoms with Crippen LogP contribution in [-0.2, 0) is 17.4 Å². The number of halogens is 4. The first-order chi connectivity index (χ1) is 12.0. The quantitative estimate of drug-likeness (QED) is 0.280. The smallest absolute Gasteiger partial charge is 0.309 e. The van der Waals surface area contributed by atoms with Gasteiger partial charge in [-0.05, 0) is 30.3 Å². The van der Waals surface area contributed by atoms with Gasteiger partial charge in [-0.1, -0.05) is 42.1 Å². The molecule has 0 saturated heterocycles. The zero-order valence-corrected chi connectivity index (χ0v) is 17.6. The Morgan fingerprint density at radius 3 is 2.62 bits per heavy atom. The van der Waals surface area contributed by atoms with Crippen LogP contribution in [0.1, 0.15) is 5.69 Å². The molecule has 0 amide bonds. The summed E-state index contributed by atoms with van der Waals surface area (Å²) in [7, 11) is -1.27. The standard InChI is InChI=1S/C18H22BrF3N2OSi/c1-5-18(21,22)16-11-24(12-25-8-9-26(2,3)4)17(23-16)14-7-6-13(19)10-15(14)20/h5-7,10-11H,1,8-9,12H2,2-4H3. The van der Waals surface area contributed by atoms with Gasteiger partial charge in [0.15, 0.2) is 0 Å². The highest BCUT2D eigenvalue weighted by Gasteiger charge is 2.32. The van der Waals surface area contributed by atoms with Crippen LogP contribution in [0.15, 0.2) is 41.5 Å². The number of hydrogen-bond acceptors (Lipinski definition) is 2. The fourth-order valence-electron chi connectivity index (χ4n) is 2.21. The van der Waals surface area contributed by atoms with E-state index in [0.29, 0.717) is 17.2 Å². The summed E-state index contributed by atoms with van der Waals surface area (Å²) in [4.78, 5) is 3.96. The molecule has 1 heterocycles. The number of rotatable bonds is 8. The van der Waals surface area contributed by atoms with Gasteiger partial charge in [-0.25, -0.2) is 9.37 Å². The van der Waals surface area contributed by atoms with Gasteiger partial charge in [0, 0.05) is 25.4 Å². The van der Waals surface area contributed by atoms with E-state index in [-0.39, 0.29) is 18.1 Å². The van der Waals surface area contributed by atoms with Crippen molar-refractivity contribution in [2.24, 2.45) is 0 Å². The fraction of sp³-hybridized carbons (Fsp3) is 0.389. The molecule has 0 aliphatic rings. The molecule has 1 aromatic carbocycles. The number of imidazole rings is 1. The summed E-state index contributed by atoms with van der Waals surface area (Å²) in [5.41, 5.74) is -0.355. The summed E-state index contributed by atoms with van der Waals surface area (Å²) in [5, 5.41) is 0. The molecule has 26 heavy (non-hydrogen) atoms. The lowest BCUT2D eigenvalue weighted by atomic mass is 10.2. The van der Waals surface area contributed by atoms with Crippen molar-refractivity contribution in [3.05, 3.63) is 53.0 Å². The topological polar surface area (TPSA) is 27.1 Å². The van der Waals surface area contributed by atoms with Crippen molar-refractivity contribution in [1.82, 2.24) is 9.55 Å². The van der Waals surface area contributed by atoms with Crippen LogP contribution < -0.4 is 0 Å². The Kier molecular flexibility index (Phi) is 6.52. The predicted octanol–water partition coefficient (Wildman–Crippen LogP) is 6.04. The van der Waals surface area contributed by atoms with Crippen LogP contribution in [0.25, 0.3) is 11.4 Å². The Hall–Kier alpha value is -1.38.